The van der Waals surface area contributed by atoms with E-state index in [4.69, 9.17) is 11.6 Å². The van der Waals surface area contributed by atoms with E-state index in [0.29, 0.717) is 42.2 Å². The third kappa shape index (κ3) is 11.8. The van der Waals surface area contributed by atoms with Crippen molar-refractivity contribution in [2.24, 2.45) is 0 Å². The number of nitrogens with one attached hydrogen (secondary N) is 5. The van der Waals surface area contributed by atoms with Gasteiger partial charge < -0.3 is 26.6 Å². The first-order valence-corrected chi connectivity index (χ1v) is 16.6. The predicted octanol–water partition coefficient (Wildman–Crippen LogP) is 1.78. The molecule has 1 heterocycles. The van der Waals surface area contributed by atoms with E-state index in [1.165, 1.54) is 6.92 Å². The average Bonchev–Trinajstić information content (AvgIpc) is 3.31. The van der Waals surface area contributed by atoms with Gasteiger partial charge in [-0.1, -0.05) is 35.0 Å². The van der Waals surface area contributed by atoms with E-state index in [9.17, 15) is 33.6 Å². The molecule has 48 heavy (non-hydrogen) atoms. The van der Waals surface area contributed by atoms with Crippen molar-refractivity contribution in [2.45, 2.75) is 40.0 Å². The quantitative estimate of drug-likeness (QED) is 0.140. The van der Waals surface area contributed by atoms with Crippen molar-refractivity contribution in [3.05, 3.63) is 69.9 Å². The summed E-state index contributed by atoms with van der Waals surface area (Å²) in [4.78, 5) is 84.4. The van der Waals surface area contributed by atoms with Crippen LogP contribution in [-0.2, 0) is 35.2 Å². The van der Waals surface area contributed by atoms with Crippen molar-refractivity contribution >= 4 is 74.8 Å². The zero-order valence-electron chi connectivity index (χ0n) is 27.0. The van der Waals surface area contributed by atoms with Crippen LogP contribution in [0.2, 0.25) is 5.02 Å². The van der Waals surface area contributed by atoms with Gasteiger partial charge in [-0.15, -0.1) is 0 Å². The summed E-state index contributed by atoms with van der Waals surface area (Å²) in [6.45, 7) is 4.84. The monoisotopic (exact) mass is 698 g/mol. The molecule has 0 spiro atoms. The number of aromatic nitrogens is 1. The molecule has 2 aromatic carbocycles. The molecule has 0 atom stereocenters. The summed E-state index contributed by atoms with van der Waals surface area (Å²) in [5.74, 6) is -2.57. The van der Waals surface area contributed by atoms with Crippen LogP contribution in [0.3, 0.4) is 0 Å². The Morgan fingerprint density at radius 3 is 1.83 bits per heavy atom. The predicted molar refractivity (Wildman–Crippen MR) is 184 cm³/mol. The molecule has 0 aliphatic rings. The fourth-order valence-corrected chi connectivity index (χ4v) is 5.24. The van der Waals surface area contributed by atoms with Crippen LogP contribution in [0.15, 0.2) is 42.5 Å². The lowest BCUT2D eigenvalue weighted by molar-refractivity contribution is -0.128. The number of aryl methyl sites for hydroxylation is 1. The lowest BCUT2D eigenvalue weighted by atomic mass is 10.1. The molecule has 3 aromatic rings. The Hall–Kier alpha value is -4.69. The first kappa shape index (κ1) is 37.8. The molecule has 0 unspecified atom stereocenters. The van der Waals surface area contributed by atoms with Crippen LogP contribution < -0.4 is 26.6 Å². The van der Waals surface area contributed by atoms with Gasteiger partial charge in [-0.05, 0) is 68.7 Å². The Kier molecular flexibility index (Phi) is 14.6. The summed E-state index contributed by atoms with van der Waals surface area (Å²) in [6.07, 6.45) is 1.28. The van der Waals surface area contributed by atoms with Gasteiger partial charge in [0, 0.05) is 41.7 Å². The molecule has 0 saturated heterocycles. The maximum absolute atomic E-state index is 13.4. The van der Waals surface area contributed by atoms with E-state index in [1.54, 1.807) is 28.8 Å². The number of fused-ring (bicyclic) bond motifs is 1. The molecular formula is C33H39ClN6O7S. The van der Waals surface area contributed by atoms with E-state index in [1.807, 2.05) is 32.0 Å². The second-order valence-corrected chi connectivity index (χ2v) is 12.5. The van der Waals surface area contributed by atoms with Gasteiger partial charge in [-0.3, -0.25) is 38.1 Å². The van der Waals surface area contributed by atoms with E-state index < -0.39 is 23.6 Å². The van der Waals surface area contributed by atoms with Crippen molar-refractivity contribution in [1.29, 1.82) is 0 Å². The number of benzene rings is 2. The largest absolute Gasteiger partial charge is 0.356 e. The Bertz CT molecular complexity index is 1690. The van der Waals surface area contributed by atoms with E-state index in [2.05, 4.69) is 26.6 Å². The number of hydrogen-bond acceptors (Lipinski definition) is 8. The molecule has 0 saturated carbocycles. The first-order valence-electron chi connectivity index (χ1n) is 15.2. The second kappa shape index (κ2) is 18.6. The highest BCUT2D eigenvalue weighted by atomic mass is 35.5. The summed E-state index contributed by atoms with van der Waals surface area (Å²) < 4.78 is 1.63. The van der Waals surface area contributed by atoms with Crippen molar-refractivity contribution < 1.29 is 33.6 Å². The molecular weight excluding hydrogens is 660 g/mol. The zero-order chi connectivity index (χ0) is 35.2. The number of rotatable bonds is 16. The van der Waals surface area contributed by atoms with Crippen LogP contribution in [0.1, 0.15) is 46.9 Å². The molecule has 3 rings (SSSR count). The molecule has 0 bridgehead atoms. The topological polar surface area (TPSA) is 185 Å². The number of carbonyl (C=O) groups is 7. The summed E-state index contributed by atoms with van der Waals surface area (Å²) in [5, 5.41) is 13.8. The van der Waals surface area contributed by atoms with Gasteiger partial charge in [-0.2, -0.15) is 0 Å². The van der Waals surface area contributed by atoms with Crippen LogP contribution in [0.25, 0.3) is 10.9 Å². The number of nitrogens with zero attached hydrogens (tertiary/aromatic N) is 1. The van der Waals surface area contributed by atoms with Crippen molar-refractivity contribution in [3.8, 4) is 0 Å². The third-order valence-electron chi connectivity index (χ3n) is 7.11. The van der Waals surface area contributed by atoms with Gasteiger partial charge in [0.05, 0.1) is 37.3 Å². The van der Waals surface area contributed by atoms with Crippen LogP contribution in [-0.4, -0.2) is 83.6 Å². The first-order chi connectivity index (χ1) is 22.8. The van der Waals surface area contributed by atoms with Crippen LogP contribution in [0.4, 0.5) is 0 Å². The highest BCUT2D eigenvalue weighted by molar-refractivity contribution is 8.14. The standard InChI is InChI=1S/C33H39ClN6O7S/c1-20-6-11-27-26(14-20)25(21(2)40(27)33(47)23-7-9-24(34)10-8-23)15-28(42)35-12-4-5-13-36-29(43)16-37-30(44)17-38-31(45)18-39-32(46)19-48-22(3)41/h6-11,14H,4-5,12-13,15-19H2,1-3H3,(H,35,42)(H,36,43)(H,37,44)(H,38,45)(H,39,46). The minimum absolute atomic E-state index is 0.0957. The van der Waals surface area contributed by atoms with Crippen LogP contribution in [0, 0.1) is 13.8 Å². The lowest BCUT2D eigenvalue weighted by Crippen LogP contribution is -2.44. The molecule has 5 amide bonds. The van der Waals surface area contributed by atoms with Gasteiger partial charge in [0.1, 0.15) is 0 Å². The molecule has 256 valence electrons. The van der Waals surface area contributed by atoms with Gasteiger partial charge in [-0.25, -0.2) is 0 Å². The van der Waals surface area contributed by atoms with Gasteiger partial charge >= 0.3 is 0 Å². The average molecular weight is 699 g/mol. The maximum atomic E-state index is 13.4. The summed E-state index contributed by atoms with van der Waals surface area (Å²) in [7, 11) is 0. The zero-order valence-corrected chi connectivity index (χ0v) is 28.6. The molecule has 0 aliphatic heterocycles. The minimum Gasteiger partial charge on any atom is -0.356 e. The van der Waals surface area contributed by atoms with Crippen LogP contribution in [0.5, 0.6) is 0 Å². The molecule has 0 radical (unpaired) electrons. The lowest BCUT2D eigenvalue weighted by Gasteiger charge is -2.09. The Morgan fingerprint density at radius 1 is 0.708 bits per heavy atom. The van der Waals surface area contributed by atoms with Gasteiger partial charge in [0.15, 0.2) is 5.12 Å². The summed E-state index contributed by atoms with van der Waals surface area (Å²) in [5.41, 5.74) is 3.67. The molecule has 0 fully saturated rings. The van der Waals surface area contributed by atoms with E-state index >= 15 is 0 Å². The highest BCUT2D eigenvalue weighted by Gasteiger charge is 2.21. The number of amides is 5. The minimum atomic E-state index is -0.593. The molecule has 13 nitrogen and oxygen atoms in total. The summed E-state index contributed by atoms with van der Waals surface area (Å²) in [6, 6.07) is 12.5. The molecule has 15 heteroatoms. The van der Waals surface area contributed by atoms with Gasteiger partial charge in [0.2, 0.25) is 29.5 Å². The van der Waals surface area contributed by atoms with Crippen molar-refractivity contribution in [3.63, 3.8) is 0 Å². The fraction of sp³-hybridized carbons (Fsp3) is 0.364. The third-order valence-corrected chi connectivity index (χ3v) is 8.18. The Morgan fingerprint density at radius 2 is 1.25 bits per heavy atom. The number of thioether (sulfide) groups is 1. The van der Waals surface area contributed by atoms with Crippen LogP contribution >= 0.6 is 23.4 Å². The summed E-state index contributed by atoms with van der Waals surface area (Å²) >= 11 is 6.81. The second-order valence-electron chi connectivity index (χ2n) is 10.9. The number of halogens is 1. The number of carbonyl (C=O) groups excluding carboxylic acids is 7. The van der Waals surface area contributed by atoms with Gasteiger partial charge in [0.25, 0.3) is 5.91 Å². The maximum Gasteiger partial charge on any atom is 0.262 e. The SMILES string of the molecule is CC(=O)SCC(=O)NCC(=O)NCC(=O)NCC(=O)NCCCCNC(=O)Cc1c(C)n(C(=O)c2ccc(Cl)cc2)c2ccc(C)cc12. The molecule has 5 N–H and O–H groups in total. The van der Waals surface area contributed by atoms with E-state index in [-0.39, 0.29) is 48.7 Å². The fourth-order valence-electron chi connectivity index (χ4n) is 4.67. The van der Waals surface area contributed by atoms with Crippen molar-refractivity contribution in [1.82, 2.24) is 31.2 Å². The highest BCUT2D eigenvalue weighted by Crippen LogP contribution is 2.28. The smallest absolute Gasteiger partial charge is 0.262 e. The Labute approximate surface area is 287 Å². The number of unbranched alkanes of at least 4 members (excludes halogenated alkanes) is 1. The Balaban J connectivity index is 1.35. The number of hydrogen-bond donors (Lipinski definition) is 5. The molecule has 1 aromatic heterocycles. The van der Waals surface area contributed by atoms with Crippen molar-refractivity contribution in [2.75, 3.05) is 38.5 Å². The van der Waals surface area contributed by atoms with E-state index in [0.717, 1.165) is 33.8 Å². The normalized spacial score (nSPS) is 10.7. The molecule has 0 aliphatic carbocycles.